The van der Waals surface area contributed by atoms with Gasteiger partial charge in [0.2, 0.25) is 5.91 Å². The maximum Gasteiger partial charge on any atom is 0.244 e. The molecule has 1 saturated carbocycles. The van der Waals surface area contributed by atoms with Crippen molar-refractivity contribution < 1.29 is 9.21 Å². The van der Waals surface area contributed by atoms with Crippen LogP contribution in [0.4, 0.5) is 0 Å². The Balaban J connectivity index is 1.93. The van der Waals surface area contributed by atoms with Crippen LogP contribution in [0.2, 0.25) is 0 Å². The van der Waals surface area contributed by atoms with Crippen LogP contribution in [0, 0.1) is 5.92 Å². The molecule has 2 atom stereocenters. The molecule has 0 bridgehead atoms. The van der Waals surface area contributed by atoms with Gasteiger partial charge in [-0.2, -0.15) is 0 Å². The van der Waals surface area contributed by atoms with Gasteiger partial charge in [-0.15, -0.1) is 0 Å². The number of furan rings is 1. The highest BCUT2D eigenvalue weighted by Crippen LogP contribution is 2.47. The standard InChI is InChI=1S/C15H21NO2/c1-10-9-12(10)13-7-5-11(18-13)6-8-14(17)16-15(2,3)4/h5-8,10,12H,9H2,1-4H3,(H,16,17)/b8-6+. The highest BCUT2D eigenvalue weighted by Gasteiger charge is 2.36. The van der Waals surface area contributed by atoms with Gasteiger partial charge in [0.05, 0.1) is 0 Å². The van der Waals surface area contributed by atoms with Gasteiger partial charge in [-0.25, -0.2) is 0 Å². The third-order valence-electron chi connectivity index (χ3n) is 3.02. The summed E-state index contributed by atoms with van der Waals surface area (Å²) in [6.07, 6.45) is 4.45. The van der Waals surface area contributed by atoms with Crippen molar-refractivity contribution in [3.63, 3.8) is 0 Å². The average molecular weight is 247 g/mol. The van der Waals surface area contributed by atoms with Crippen molar-refractivity contribution in [1.29, 1.82) is 0 Å². The number of rotatable bonds is 3. The molecule has 98 valence electrons. The van der Waals surface area contributed by atoms with E-state index in [1.165, 1.54) is 12.5 Å². The summed E-state index contributed by atoms with van der Waals surface area (Å²) in [4.78, 5) is 11.6. The van der Waals surface area contributed by atoms with Crippen molar-refractivity contribution in [3.05, 3.63) is 29.7 Å². The van der Waals surface area contributed by atoms with Crippen LogP contribution in [0.1, 0.15) is 51.6 Å². The average Bonchev–Trinajstić information content (AvgIpc) is 2.77. The summed E-state index contributed by atoms with van der Waals surface area (Å²) >= 11 is 0. The predicted octanol–water partition coefficient (Wildman–Crippen LogP) is 3.33. The molecular weight excluding hydrogens is 226 g/mol. The van der Waals surface area contributed by atoms with E-state index in [2.05, 4.69) is 12.2 Å². The number of carbonyl (C=O) groups excluding carboxylic acids is 1. The molecule has 18 heavy (non-hydrogen) atoms. The lowest BCUT2D eigenvalue weighted by molar-refractivity contribution is -0.117. The monoisotopic (exact) mass is 247 g/mol. The first-order valence-electron chi connectivity index (χ1n) is 6.45. The summed E-state index contributed by atoms with van der Waals surface area (Å²) in [6.45, 7) is 8.09. The van der Waals surface area contributed by atoms with Crippen LogP contribution in [0.15, 0.2) is 22.6 Å². The van der Waals surface area contributed by atoms with Crippen LogP contribution >= 0.6 is 0 Å². The molecular formula is C15H21NO2. The Kier molecular flexibility index (Phi) is 3.33. The molecule has 1 fully saturated rings. The molecule has 0 saturated heterocycles. The Morgan fingerprint density at radius 3 is 2.67 bits per heavy atom. The number of hydrogen-bond donors (Lipinski definition) is 1. The SMILES string of the molecule is CC1CC1c1ccc(/C=C/C(=O)NC(C)(C)C)o1. The van der Waals surface area contributed by atoms with Crippen LogP contribution in [0.3, 0.4) is 0 Å². The molecule has 1 aliphatic rings. The molecule has 1 N–H and O–H groups in total. The summed E-state index contributed by atoms with van der Waals surface area (Å²) in [6, 6.07) is 3.93. The predicted molar refractivity (Wildman–Crippen MR) is 72.2 cm³/mol. The fourth-order valence-electron chi connectivity index (χ4n) is 1.94. The summed E-state index contributed by atoms with van der Waals surface area (Å²) in [5.41, 5.74) is -0.209. The number of carbonyl (C=O) groups is 1. The fraction of sp³-hybridized carbons (Fsp3) is 0.533. The lowest BCUT2D eigenvalue weighted by Crippen LogP contribution is -2.39. The Morgan fingerprint density at radius 2 is 2.11 bits per heavy atom. The second kappa shape index (κ2) is 4.63. The summed E-state index contributed by atoms with van der Waals surface area (Å²) in [7, 11) is 0. The molecule has 0 spiro atoms. The Morgan fingerprint density at radius 1 is 1.44 bits per heavy atom. The minimum absolute atomic E-state index is 0.0970. The summed E-state index contributed by atoms with van der Waals surface area (Å²) < 4.78 is 5.69. The molecule has 3 nitrogen and oxygen atoms in total. The topological polar surface area (TPSA) is 42.2 Å². The highest BCUT2D eigenvalue weighted by molar-refractivity contribution is 5.91. The van der Waals surface area contributed by atoms with E-state index in [0.29, 0.717) is 5.92 Å². The fourth-order valence-corrected chi connectivity index (χ4v) is 1.94. The van der Waals surface area contributed by atoms with E-state index < -0.39 is 0 Å². The lowest BCUT2D eigenvalue weighted by Gasteiger charge is -2.18. The molecule has 0 aliphatic heterocycles. The van der Waals surface area contributed by atoms with Gasteiger partial charge in [-0.3, -0.25) is 4.79 Å². The Hall–Kier alpha value is -1.51. The molecule has 1 aromatic rings. The molecule has 2 unspecified atom stereocenters. The number of amides is 1. The highest BCUT2D eigenvalue weighted by atomic mass is 16.3. The lowest BCUT2D eigenvalue weighted by atomic mass is 10.1. The van der Waals surface area contributed by atoms with Crippen molar-refractivity contribution >= 4 is 12.0 Å². The maximum absolute atomic E-state index is 11.6. The summed E-state index contributed by atoms with van der Waals surface area (Å²) in [5, 5.41) is 2.87. The van der Waals surface area contributed by atoms with Crippen molar-refractivity contribution in [2.45, 2.75) is 45.6 Å². The van der Waals surface area contributed by atoms with Gasteiger partial charge in [0.15, 0.2) is 0 Å². The maximum atomic E-state index is 11.6. The molecule has 1 amide bonds. The van der Waals surface area contributed by atoms with Crippen molar-refractivity contribution in [1.82, 2.24) is 5.32 Å². The second-order valence-corrected chi connectivity index (χ2v) is 6.13. The quantitative estimate of drug-likeness (QED) is 0.832. The van der Waals surface area contributed by atoms with Gasteiger partial charge in [0.25, 0.3) is 0 Å². The normalized spacial score (nSPS) is 23.3. The zero-order valence-corrected chi connectivity index (χ0v) is 11.5. The third-order valence-corrected chi connectivity index (χ3v) is 3.02. The third kappa shape index (κ3) is 3.49. The molecule has 0 radical (unpaired) electrons. The molecule has 0 aromatic carbocycles. The Bertz CT molecular complexity index is 465. The van der Waals surface area contributed by atoms with E-state index in [9.17, 15) is 4.79 Å². The molecule has 1 aliphatic carbocycles. The van der Waals surface area contributed by atoms with Crippen LogP contribution < -0.4 is 5.32 Å². The smallest absolute Gasteiger partial charge is 0.244 e. The van der Waals surface area contributed by atoms with E-state index in [1.54, 1.807) is 6.08 Å². The van der Waals surface area contributed by atoms with E-state index in [1.807, 2.05) is 32.9 Å². The van der Waals surface area contributed by atoms with Gasteiger partial charge < -0.3 is 9.73 Å². The Labute approximate surface area is 108 Å². The second-order valence-electron chi connectivity index (χ2n) is 6.13. The van der Waals surface area contributed by atoms with Crippen LogP contribution in [-0.4, -0.2) is 11.4 Å². The van der Waals surface area contributed by atoms with Gasteiger partial charge in [-0.1, -0.05) is 6.92 Å². The molecule has 1 aromatic heterocycles. The van der Waals surface area contributed by atoms with E-state index >= 15 is 0 Å². The van der Waals surface area contributed by atoms with Gasteiger partial charge >= 0.3 is 0 Å². The van der Waals surface area contributed by atoms with Crippen LogP contribution in [0.25, 0.3) is 6.08 Å². The molecule has 2 rings (SSSR count). The zero-order chi connectivity index (χ0) is 13.3. The van der Waals surface area contributed by atoms with Crippen molar-refractivity contribution in [2.75, 3.05) is 0 Å². The molecule has 1 heterocycles. The van der Waals surface area contributed by atoms with Gasteiger partial charge in [-0.05, 0) is 51.3 Å². The first kappa shape index (κ1) is 12.9. The number of hydrogen-bond acceptors (Lipinski definition) is 2. The zero-order valence-electron chi connectivity index (χ0n) is 11.5. The van der Waals surface area contributed by atoms with E-state index in [-0.39, 0.29) is 11.4 Å². The van der Waals surface area contributed by atoms with Crippen LogP contribution in [0.5, 0.6) is 0 Å². The van der Waals surface area contributed by atoms with E-state index in [0.717, 1.165) is 17.4 Å². The first-order chi connectivity index (χ1) is 8.35. The summed E-state index contributed by atoms with van der Waals surface area (Å²) in [5.74, 6) is 3.00. The van der Waals surface area contributed by atoms with Crippen molar-refractivity contribution in [3.8, 4) is 0 Å². The first-order valence-corrected chi connectivity index (χ1v) is 6.45. The van der Waals surface area contributed by atoms with E-state index in [4.69, 9.17) is 4.42 Å². The number of nitrogens with one attached hydrogen (secondary N) is 1. The van der Waals surface area contributed by atoms with Gasteiger partial charge in [0, 0.05) is 17.5 Å². The minimum Gasteiger partial charge on any atom is -0.461 e. The minimum atomic E-state index is -0.209. The van der Waals surface area contributed by atoms with Gasteiger partial charge in [0.1, 0.15) is 11.5 Å². The van der Waals surface area contributed by atoms with Crippen molar-refractivity contribution in [2.24, 2.45) is 5.92 Å². The molecule has 3 heteroatoms. The van der Waals surface area contributed by atoms with Crippen LogP contribution in [-0.2, 0) is 4.79 Å². The largest absolute Gasteiger partial charge is 0.461 e.